The van der Waals surface area contributed by atoms with E-state index in [4.69, 9.17) is 16.4 Å². The molecule has 0 radical (unpaired) electrons. The average Bonchev–Trinajstić information content (AvgIpc) is 2.68. The van der Waals surface area contributed by atoms with Crippen LogP contribution in [-0.4, -0.2) is 38.8 Å². The Balaban J connectivity index is 2.19. The molecule has 124 valence electrons. The van der Waals surface area contributed by atoms with Crippen molar-refractivity contribution in [1.29, 1.82) is 0 Å². The van der Waals surface area contributed by atoms with E-state index in [0.717, 1.165) is 37.9 Å². The molecule has 0 aliphatic carbocycles. The molecule has 0 amide bonds. The normalized spacial score (nSPS) is 12.8. The lowest BCUT2D eigenvalue weighted by molar-refractivity contribution is -0.870. The van der Waals surface area contributed by atoms with E-state index in [0.29, 0.717) is 11.6 Å². The van der Waals surface area contributed by atoms with Crippen LogP contribution >= 0.6 is 11.6 Å². The molecule has 0 spiro atoms. The number of fused-ring (bicyclic) bond motifs is 2. The molecule has 0 fully saturated rings. The summed E-state index contributed by atoms with van der Waals surface area (Å²) in [5, 5.41) is 10.3. The van der Waals surface area contributed by atoms with Gasteiger partial charge in [0, 0.05) is 15.8 Å². The van der Waals surface area contributed by atoms with Gasteiger partial charge in [0.1, 0.15) is 11.9 Å². The van der Waals surface area contributed by atoms with Crippen molar-refractivity contribution in [2.75, 3.05) is 34.3 Å². The maximum Gasteiger partial charge on any atom is 0.165 e. The summed E-state index contributed by atoms with van der Waals surface area (Å²) in [6.45, 7) is 1.46. The second kappa shape index (κ2) is 6.80. The van der Waals surface area contributed by atoms with Crippen LogP contribution in [0.4, 0.5) is 0 Å². The van der Waals surface area contributed by atoms with Crippen molar-refractivity contribution in [1.82, 2.24) is 0 Å². The van der Waals surface area contributed by atoms with Crippen LogP contribution in [0.15, 0.2) is 59.8 Å². The summed E-state index contributed by atoms with van der Waals surface area (Å²) in [7, 11) is 6.41. The Bertz CT molecular complexity index is 945. The Morgan fingerprint density at radius 2 is 1.58 bits per heavy atom. The number of rotatable bonds is 4. The molecule has 0 saturated carbocycles. The molecular formula is C20H22ClN2O+. The molecule has 3 aromatic carbocycles. The molecule has 24 heavy (non-hydrogen) atoms. The summed E-state index contributed by atoms with van der Waals surface area (Å²) in [5.74, 6) is 0. The van der Waals surface area contributed by atoms with Gasteiger partial charge in [-0.3, -0.25) is 0 Å². The first kappa shape index (κ1) is 16.7. The molecule has 3 aromatic rings. The molecule has 3 nitrogen and oxygen atoms in total. The van der Waals surface area contributed by atoms with Gasteiger partial charge >= 0.3 is 0 Å². The smallest absolute Gasteiger partial charge is 0.165 e. The van der Waals surface area contributed by atoms with Crippen molar-refractivity contribution in [2.24, 2.45) is 5.16 Å². The van der Waals surface area contributed by atoms with Gasteiger partial charge in [-0.2, -0.15) is 0 Å². The van der Waals surface area contributed by atoms with E-state index in [2.05, 4.69) is 50.6 Å². The fourth-order valence-corrected chi connectivity index (χ4v) is 2.76. The largest absolute Gasteiger partial charge is 0.389 e. The fraction of sp³-hybridized carbons (Fsp3) is 0.250. The first-order valence-corrected chi connectivity index (χ1v) is 8.40. The van der Waals surface area contributed by atoms with E-state index in [1.54, 1.807) is 0 Å². The number of halogens is 1. The summed E-state index contributed by atoms with van der Waals surface area (Å²) >= 11 is 6.22. The van der Waals surface area contributed by atoms with Crippen LogP contribution in [0.25, 0.3) is 21.5 Å². The van der Waals surface area contributed by atoms with Gasteiger partial charge in [0.15, 0.2) is 6.61 Å². The highest BCUT2D eigenvalue weighted by atomic mass is 35.5. The van der Waals surface area contributed by atoms with E-state index in [1.807, 2.05) is 30.3 Å². The Labute approximate surface area is 147 Å². The van der Waals surface area contributed by atoms with Gasteiger partial charge in [-0.05, 0) is 22.9 Å². The molecule has 0 saturated heterocycles. The highest BCUT2D eigenvalue weighted by molar-refractivity contribution is 6.31. The Morgan fingerprint density at radius 1 is 0.917 bits per heavy atom. The molecule has 0 atom stereocenters. The topological polar surface area (TPSA) is 21.6 Å². The molecular weight excluding hydrogens is 320 g/mol. The quantitative estimate of drug-likeness (QED) is 0.396. The van der Waals surface area contributed by atoms with Gasteiger partial charge < -0.3 is 9.32 Å². The van der Waals surface area contributed by atoms with Crippen molar-refractivity contribution in [3.63, 3.8) is 0 Å². The van der Waals surface area contributed by atoms with Crippen LogP contribution in [0.1, 0.15) is 0 Å². The number of quaternary nitrogens is 1. The minimum atomic E-state index is 0.568. The second-order valence-electron chi connectivity index (χ2n) is 6.94. The number of likely N-dealkylation sites (N-methyl/N-ethyl adjacent to an activating group) is 1. The van der Waals surface area contributed by atoms with E-state index < -0.39 is 0 Å². The first-order chi connectivity index (χ1) is 11.4. The molecule has 0 aliphatic rings. The summed E-state index contributed by atoms with van der Waals surface area (Å²) in [6, 6.07) is 18.3. The second-order valence-corrected chi connectivity index (χ2v) is 7.38. The van der Waals surface area contributed by atoms with Gasteiger partial charge in [-0.15, -0.1) is 0 Å². The number of hydrogen-bond donors (Lipinski definition) is 0. The maximum absolute atomic E-state index is 6.22. The Kier molecular flexibility index (Phi) is 4.74. The molecule has 0 N–H and O–H groups in total. The SMILES string of the molecule is C[N+](C)(C)CCO/N=c1/c2ccccc2ccc2ccc(Cl)cc12. The predicted octanol–water partition coefficient (Wildman–Crippen LogP) is 4.18. The first-order valence-electron chi connectivity index (χ1n) is 8.02. The zero-order chi connectivity index (χ0) is 17.2. The maximum atomic E-state index is 6.22. The molecule has 0 unspecified atom stereocenters. The Hall–Kier alpha value is -2.10. The van der Waals surface area contributed by atoms with E-state index in [9.17, 15) is 0 Å². The molecule has 4 heteroatoms. The molecule has 0 heterocycles. The van der Waals surface area contributed by atoms with Crippen LogP contribution in [0, 0.1) is 0 Å². The lowest BCUT2D eigenvalue weighted by atomic mass is 10.1. The van der Waals surface area contributed by atoms with Gasteiger partial charge in [0.2, 0.25) is 0 Å². The number of benzene rings is 2. The third kappa shape index (κ3) is 3.86. The van der Waals surface area contributed by atoms with Crippen molar-refractivity contribution in [2.45, 2.75) is 0 Å². The van der Waals surface area contributed by atoms with Crippen LogP contribution in [-0.2, 0) is 4.84 Å². The third-order valence-corrected chi connectivity index (χ3v) is 4.17. The standard InChI is InChI=1S/C20H22ClN2O/c1-23(2,3)12-13-24-22-20-18-7-5-4-6-15(18)8-9-16-10-11-17(21)14-19(16)20/h4-11,14H,12-13H2,1-3H3/q+1/b22-20-. The predicted molar refractivity (Wildman–Crippen MR) is 101 cm³/mol. The van der Waals surface area contributed by atoms with Crippen LogP contribution in [0.3, 0.4) is 0 Å². The summed E-state index contributed by atoms with van der Waals surface area (Å²) in [5.41, 5.74) is 0. The van der Waals surface area contributed by atoms with Gasteiger partial charge in [-0.25, -0.2) is 0 Å². The molecule has 0 aromatic heterocycles. The monoisotopic (exact) mass is 341 g/mol. The third-order valence-electron chi connectivity index (χ3n) is 3.94. The van der Waals surface area contributed by atoms with Crippen molar-refractivity contribution in [3.05, 3.63) is 65.0 Å². The average molecular weight is 342 g/mol. The van der Waals surface area contributed by atoms with Crippen LogP contribution in [0.2, 0.25) is 5.02 Å². The van der Waals surface area contributed by atoms with E-state index in [1.165, 1.54) is 0 Å². The summed E-state index contributed by atoms with van der Waals surface area (Å²) in [4.78, 5) is 5.66. The Morgan fingerprint density at radius 3 is 2.33 bits per heavy atom. The minimum absolute atomic E-state index is 0.568. The van der Waals surface area contributed by atoms with E-state index in [-0.39, 0.29) is 0 Å². The van der Waals surface area contributed by atoms with Crippen LogP contribution in [0.5, 0.6) is 0 Å². The van der Waals surface area contributed by atoms with Gasteiger partial charge in [-0.1, -0.05) is 59.2 Å². The summed E-state index contributed by atoms with van der Waals surface area (Å²) in [6.07, 6.45) is 0. The number of hydrogen-bond acceptors (Lipinski definition) is 2. The lowest BCUT2D eigenvalue weighted by Gasteiger charge is -2.22. The van der Waals surface area contributed by atoms with Gasteiger partial charge in [0.05, 0.1) is 21.1 Å². The highest BCUT2D eigenvalue weighted by Crippen LogP contribution is 2.19. The zero-order valence-electron chi connectivity index (χ0n) is 14.3. The van der Waals surface area contributed by atoms with Crippen molar-refractivity contribution < 1.29 is 9.32 Å². The number of nitrogens with zero attached hydrogens (tertiary/aromatic N) is 2. The molecule has 3 rings (SSSR count). The van der Waals surface area contributed by atoms with Crippen molar-refractivity contribution in [3.8, 4) is 0 Å². The molecule has 0 aliphatic heterocycles. The van der Waals surface area contributed by atoms with Gasteiger partial charge in [0.25, 0.3) is 0 Å². The summed E-state index contributed by atoms with van der Waals surface area (Å²) < 4.78 is 0.839. The lowest BCUT2D eigenvalue weighted by Crippen LogP contribution is -2.37. The van der Waals surface area contributed by atoms with Crippen LogP contribution < -0.4 is 5.36 Å². The van der Waals surface area contributed by atoms with Crippen molar-refractivity contribution >= 4 is 33.1 Å². The highest BCUT2D eigenvalue weighted by Gasteiger charge is 2.06. The molecule has 0 bridgehead atoms. The minimum Gasteiger partial charge on any atom is -0.389 e. The fourth-order valence-electron chi connectivity index (χ4n) is 2.58. The van der Waals surface area contributed by atoms with E-state index >= 15 is 0 Å². The zero-order valence-corrected chi connectivity index (χ0v) is 15.0.